The third-order valence-corrected chi connectivity index (χ3v) is 4.29. The van der Waals surface area contributed by atoms with Crippen molar-refractivity contribution in [2.75, 3.05) is 34.5 Å². The van der Waals surface area contributed by atoms with Crippen LogP contribution >= 0.6 is 0 Å². The maximum absolute atomic E-state index is 12.2. The number of ether oxygens (including phenoxy) is 3. The van der Waals surface area contributed by atoms with E-state index in [1.54, 1.807) is 0 Å². The molecule has 1 aromatic rings. The summed E-state index contributed by atoms with van der Waals surface area (Å²) >= 11 is 0. The van der Waals surface area contributed by atoms with Crippen LogP contribution in [0.25, 0.3) is 0 Å². The molecule has 120 valence electrons. The Morgan fingerprint density at radius 1 is 1.24 bits per heavy atom. The molecular formula is C13H21NO6S. The molecule has 0 amide bonds. The van der Waals surface area contributed by atoms with Crippen LogP contribution in [0.15, 0.2) is 23.1 Å². The Bertz CT molecular complexity index is 546. The molecule has 0 spiro atoms. The summed E-state index contributed by atoms with van der Waals surface area (Å²) in [5, 5.41) is 9.48. The molecule has 0 heterocycles. The first kappa shape index (κ1) is 17.7. The summed E-state index contributed by atoms with van der Waals surface area (Å²) in [6, 6.07) is 4.44. The molecule has 7 nitrogen and oxygen atoms in total. The Labute approximate surface area is 124 Å². The largest absolute Gasteiger partial charge is 0.497 e. The lowest BCUT2D eigenvalue weighted by Crippen LogP contribution is -2.28. The molecule has 0 saturated heterocycles. The first-order chi connectivity index (χ1) is 9.94. The van der Waals surface area contributed by atoms with Crippen molar-refractivity contribution in [3.05, 3.63) is 18.2 Å². The zero-order valence-corrected chi connectivity index (χ0v) is 13.1. The maximum atomic E-state index is 12.2. The van der Waals surface area contributed by atoms with E-state index in [0.717, 1.165) is 0 Å². The van der Waals surface area contributed by atoms with Crippen LogP contribution in [0.2, 0.25) is 0 Å². The number of rotatable bonds is 9. The zero-order chi connectivity index (χ0) is 15.9. The van der Waals surface area contributed by atoms with Crippen molar-refractivity contribution in [2.24, 2.45) is 0 Å². The number of benzene rings is 1. The van der Waals surface area contributed by atoms with Gasteiger partial charge < -0.3 is 19.3 Å². The van der Waals surface area contributed by atoms with E-state index in [0.29, 0.717) is 5.75 Å². The van der Waals surface area contributed by atoms with E-state index in [9.17, 15) is 13.5 Å². The molecule has 0 aliphatic heterocycles. The van der Waals surface area contributed by atoms with Crippen LogP contribution in [0.3, 0.4) is 0 Å². The molecular weight excluding hydrogens is 298 g/mol. The van der Waals surface area contributed by atoms with Crippen LogP contribution in [0.1, 0.15) is 6.42 Å². The van der Waals surface area contributed by atoms with Crippen molar-refractivity contribution in [3.63, 3.8) is 0 Å². The van der Waals surface area contributed by atoms with Crippen LogP contribution < -0.4 is 14.2 Å². The van der Waals surface area contributed by atoms with E-state index in [1.807, 2.05) is 0 Å². The lowest BCUT2D eigenvalue weighted by Gasteiger charge is -2.13. The van der Waals surface area contributed by atoms with Crippen molar-refractivity contribution in [1.29, 1.82) is 0 Å². The van der Waals surface area contributed by atoms with E-state index < -0.39 is 16.1 Å². The molecule has 2 N–H and O–H groups in total. The molecule has 0 saturated carbocycles. The van der Waals surface area contributed by atoms with Crippen LogP contribution in [0.4, 0.5) is 0 Å². The monoisotopic (exact) mass is 319 g/mol. The Balaban J connectivity index is 2.78. The Kier molecular flexibility index (Phi) is 6.90. The SMILES string of the molecule is COCC(O)CCNS(=O)(=O)c1ccc(OC)cc1OC. The highest BCUT2D eigenvalue weighted by Crippen LogP contribution is 2.28. The molecule has 0 aliphatic carbocycles. The molecule has 1 unspecified atom stereocenters. The molecule has 8 heteroatoms. The smallest absolute Gasteiger partial charge is 0.244 e. The number of methoxy groups -OCH3 is 3. The van der Waals surface area contributed by atoms with Crippen molar-refractivity contribution in [3.8, 4) is 11.5 Å². The number of hydrogen-bond acceptors (Lipinski definition) is 6. The minimum atomic E-state index is -3.72. The number of aliphatic hydroxyl groups excluding tert-OH is 1. The highest BCUT2D eigenvalue weighted by atomic mass is 32.2. The topological polar surface area (TPSA) is 94.1 Å². The summed E-state index contributed by atoms with van der Waals surface area (Å²) in [5.74, 6) is 0.695. The predicted octanol–water partition coefficient (Wildman–Crippen LogP) is 0.379. The lowest BCUT2D eigenvalue weighted by molar-refractivity contribution is 0.0603. The van der Waals surface area contributed by atoms with Crippen LogP contribution in [-0.2, 0) is 14.8 Å². The molecule has 1 aromatic carbocycles. The highest BCUT2D eigenvalue weighted by Gasteiger charge is 2.20. The van der Waals surface area contributed by atoms with E-state index >= 15 is 0 Å². The Hall–Kier alpha value is -1.35. The minimum Gasteiger partial charge on any atom is -0.497 e. The van der Waals surface area contributed by atoms with Crippen LogP contribution in [0.5, 0.6) is 11.5 Å². The average molecular weight is 319 g/mol. The molecule has 1 rings (SSSR count). The van der Waals surface area contributed by atoms with Gasteiger partial charge in [0.1, 0.15) is 16.4 Å². The second kappa shape index (κ2) is 8.18. The summed E-state index contributed by atoms with van der Waals surface area (Å²) in [6.07, 6.45) is -0.457. The van der Waals surface area contributed by atoms with Gasteiger partial charge in [-0.25, -0.2) is 13.1 Å². The van der Waals surface area contributed by atoms with Gasteiger partial charge in [0.05, 0.1) is 26.9 Å². The van der Waals surface area contributed by atoms with Crippen molar-refractivity contribution < 1.29 is 27.7 Å². The molecule has 0 fully saturated rings. The van der Waals surface area contributed by atoms with E-state index in [-0.39, 0.29) is 30.2 Å². The van der Waals surface area contributed by atoms with Gasteiger partial charge >= 0.3 is 0 Å². The standard InChI is InChI=1S/C13H21NO6S/c1-18-9-10(15)6-7-14-21(16,17)13-5-4-11(19-2)8-12(13)20-3/h4-5,8,10,14-15H,6-7,9H2,1-3H3. The van der Waals surface area contributed by atoms with Gasteiger partial charge in [-0.2, -0.15) is 0 Å². The summed E-state index contributed by atoms with van der Waals surface area (Å²) in [4.78, 5) is 0.0204. The number of aliphatic hydroxyl groups is 1. The summed E-state index contributed by atoms with van der Waals surface area (Å²) < 4.78 is 41.7. The van der Waals surface area contributed by atoms with E-state index in [2.05, 4.69) is 4.72 Å². The molecule has 0 radical (unpaired) electrons. The van der Waals surface area contributed by atoms with Crippen LogP contribution in [0, 0.1) is 0 Å². The first-order valence-corrected chi connectivity index (χ1v) is 7.81. The fourth-order valence-corrected chi connectivity index (χ4v) is 2.91. The molecule has 21 heavy (non-hydrogen) atoms. The van der Waals surface area contributed by atoms with Crippen molar-refractivity contribution in [1.82, 2.24) is 4.72 Å². The molecule has 0 aliphatic rings. The highest BCUT2D eigenvalue weighted by molar-refractivity contribution is 7.89. The van der Waals surface area contributed by atoms with E-state index in [1.165, 1.54) is 39.5 Å². The quantitative estimate of drug-likeness (QED) is 0.683. The third kappa shape index (κ3) is 5.16. The van der Waals surface area contributed by atoms with Crippen molar-refractivity contribution in [2.45, 2.75) is 17.4 Å². The Morgan fingerprint density at radius 2 is 1.95 bits per heavy atom. The first-order valence-electron chi connectivity index (χ1n) is 6.33. The van der Waals surface area contributed by atoms with Gasteiger partial charge in [0.2, 0.25) is 10.0 Å². The van der Waals surface area contributed by atoms with Crippen molar-refractivity contribution >= 4 is 10.0 Å². The predicted molar refractivity (Wildman–Crippen MR) is 77.2 cm³/mol. The van der Waals surface area contributed by atoms with Gasteiger partial charge in [-0.05, 0) is 18.6 Å². The second-order valence-electron chi connectivity index (χ2n) is 4.31. The molecule has 1 atom stereocenters. The summed E-state index contributed by atoms with van der Waals surface area (Å²) in [7, 11) is 0.616. The molecule has 0 bridgehead atoms. The average Bonchev–Trinajstić information content (AvgIpc) is 2.46. The van der Waals surface area contributed by atoms with Gasteiger partial charge in [0.25, 0.3) is 0 Å². The number of hydrogen-bond donors (Lipinski definition) is 2. The van der Waals surface area contributed by atoms with Gasteiger partial charge in [0.15, 0.2) is 0 Å². The molecule has 0 aromatic heterocycles. The summed E-state index contributed by atoms with van der Waals surface area (Å²) in [6.45, 7) is 0.260. The maximum Gasteiger partial charge on any atom is 0.244 e. The van der Waals surface area contributed by atoms with E-state index in [4.69, 9.17) is 14.2 Å². The number of sulfonamides is 1. The summed E-state index contributed by atoms with van der Waals surface area (Å²) in [5.41, 5.74) is 0. The normalized spacial score (nSPS) is 13.0. The van der Waals surface area contributed by atoms with Gasteiger partial charge in [-0.3, -0.25) is 0 Å². The Morgan fingerprint density at radius 3 is 2.52 bits per heavy atom. The fourth-order valence-electron chi connectivity index (χ4n) is 1.71. The van der Waals surface area contributed by atoms with Gasteiger partial charge in [-0.15, -0.1) is 0 Å². The second-order valence-corrected chi connectivity index (χ2v) is 6.05. The van der Waals surface area contributed by atoms with Gasteiger partial charge in [0, 0.05) is 19.7 Å². The number of nitrogens with one attached hydrogen (secondary N) is 1. The lowest BCUT2D eigenvalue weighted by atomic mass is 10.3. The van der Waals surface area contributed by atoms with Crippen LogP contribution in [-0.4, -0.2) is 54.1 Å². The zero-order valence-electron chi connectivity index (χ0n) is 12.3. The van der Waals surface area contributed by atoms with Gasteiger partial charge in [-0.1, -0.05) is 0 Å². The fraction of sp³-hybridized carbons (Fsp3) is 0.538. The minimum absolute atomic E-state index is 0.0204. The third-order valence-electron chi connectivity index (χ3n) is 2.79.